The van der Waals surface area contributed by atoms with Gasteiger partial charge in [-0.25, -0.2) is 4.98 Å². The highest BCUT2D eigenvalue weighted by molar-refractivity contribution is 5.92. The number of piperidine rings is 1. The molecule has 0 bridgehead atoms. The van der Waals surface area contributed by atoms with E-state index in [-0.39, 0.29) is 11.8 Å². The molecule has 132 valence electrons. The molecule has 7 nitrogen and oxygen atoms in total. The molecule has 3 heterocycles. The normalized spacial score (nSPS) is 20.6. The zero-order valence-electron chi connectivity index (χ0n) is 14.8. The monoisotopic (exact) mass is 340 g/mol. The minimum absolute atomic E-state index is 0.00694. The molecule has 0 radical (unpaired) electrons. The van der Waals surface area contributed by atoms with E-state index in [1.807, 2.05) is 42.4 Å². The van der Waals surface area contributed by atoms with Gasteiger partial charge in [-0.05, 0) is 37.8 Å². The summed E-state index contributed by atoms with van der Waals surface area (Å²) in [6.45, 7) is 1.48. The molecule has 1 unspecified atom stereocenters. The van der Waals surface area contributed by atoms with Crippen molar-refractivity contribution in [1.29, 1.82) is 0 Å². The summed E-state index contributed by atoms with van der Waals surface area (Å²) < 4.78 is 2.21. The topological polar surface area (TPSA) is 67.2 Å². The van der Waals surface area contributed by atoms with Gasteiger partial charge in [0.05, 0.1) is 11.9 Å². The number of amides is 1. The van der Waals surface area contributed by atoms with Crippen molar-refractivity contribution in [3.8, 4) is 0 Å². The van der Waals surface area contributed by atoms with Crippen LogP contribution in [0.1, 0.15) is 54.0 Å². The molecule has 1 saturated carbocycles. The first kappa shape index (κ1) is 16.1. The lowest BCUT2D eigenvalue weighted by Crippen LogP contribution is -2.40. The number of hydrogen-bond donors (Lipinski definition) is 0. The molecule has 0 spiro atoms. The number of hydrogen-bond acceptors (Lipinski definition) is 5. The molecular weight excluding hydrogens is 316 g/mol. The summed E-state index contributed by atoms with van der Waals surface area (Å²) in [6, 6.07) is 4.32. The predicted octanol–water partition coefficient (Wildman–Crippen LogP) is 2.09. The molecule has 0 aromatic carbocycles. The zero-order chi connectivity index (χ0) is 17.4. The van der Waals surface area contributed by atoms with Crippen LogP contribution >= 0.6 is 0 Å². The van der Waals surface area contributed by atoms with Gasteiger partial charge < -0.3 is 14.4 Å². The van der Waals surface area contributed by atoms with Crippen molar-refractivity contribution in [3.63, 3.8) is 0 Å². The number of aromatic nitrogens is 4. The molecule has 1 amide bonds. The van der Waals surface area contributed by atoms with E-state index < -0.39 is 0 Å². The Balaban J connectivity index is 1.48. The van der Waals surface area contributed by atoms with Crippen molar-refractivity contribution in [2.45, 2.75) is 37.6 Å². The number of pyridine rings is 1. The van der Waals surface area contributed by atoms with Gasteiger partial charge in [0.1, 0.15) is 17.8 Å². The lowest BCUT2D eigenvalue weighted by atomic mass is 9.96. The van der Waals surface area contributed by atoms with Crippen molar-refractivity contribution >= 4 is 11.6 Å². The van der Waals surface area contributed by atoms with Crippen LogP contribution in [0, 0.1) is 0 Å². The predicted molar refractivity (Wildman–Crippen MR) is 94.7 cm³/mol. The molecule has 7 heteroatoms. The molecule has 4 rings (SSSR count). The largest absolute Gasteiger partial charge is 0.376 e. The summed E-state index contributed by atoms with van der Waals surface area (Å²) in [5.41, 5.74) is 1.50. The number of likely N-dealkylation sites (tertiary alicyclic amines) is 1. The Morgan fingerprint density at radius 3 is 2.76 bits per heavy atom. The summed E-state index contributed by atoms with van der Waals surface area (Å²) in [5.74, 6) is 1.31. The van der Waals surface area contributed by atoms with Gasteiger partial charge in [0, 0.05) is 39.1 Å². The molecule has 2 aromatic rings. The summed E-state index contributed by atoms with van der Waals surface area (Å²) in [5, 5.41) is 8.46. The smallest absolute Gasteiger partial charge is 0.272 e. The van der Waals surface area contributed by atoms with Crippen LogP contribution in [-0.4, -0.2) is 57.7 Å². The van der Waals surface area contributed by atoms with Gasteiger partial charge in [0.25, 0.3) is 5.91 Å². The van der Waals surface area contributed by atoms with E-state index in [9.17, 15) is 4.79 Å². The lowest BCUT2D eigenvalue weighted by molar-refractivity contribution is 0.0697. The maximum atomic E-state index is 12.8. The van der Waals surface area contributed by atoms with Crippen LogP contribution in [0.5, 0.6) is 0 Å². The minimum atomic E-state index is 0.00694. The van der Waals surface area contributed by atoms with E-state index in [0.29, 0.717) is 18.3 Å². The fourth-order valence-corrected chi connectivity index (χ4v) is 3.49. The molecule has 1 saturated heterocycles. The Bertz CT molecular complexity index is 749. The lowest BCUT2D eigenvalue weighted by Gasteiger charge is -2.32. The summed E-state index contributed by atoms with van der Waals surface area (Å²) in [6.07, 6.45) is 8.06. The Labute approximate surface area is 147 Å². The fourth-order valence-electron chi connectivity index (χ4n) is 3.49. The van der Waals surface area contributed by atoms with E-state index in [4.69, 9.17) is 0 Å². The van der Waals surface area contributed by atoms with Crippen molar-refractivity contribution in [2.24, 2.45) is 0 Å². The standard InChI is InChI=1S/C18H24N6O/c1-22(2)15-7-8-16(19-10-15)18(25)23-9-3-4-13(11-23)17-21-20-12-24(17)14-5-6-14/h7-8,10,12-14H,3-6,9,11H2,1-2H3. The quantitative estimate of drug-likeness (QED) is 0.853. The Hall–Kier alpha value is -2.44. The number of carbonyl (C=O) groups is 1. The van der Waals surface area contributed by atoms with Gasteiger partial charge in [0.2, 0.25) is 0 Å². The van der Waals surface area contributed by atoms with Crippen LogP contribution in [0.2, 0.25) is 0 Å². The summed E-state index contributed by atoms with van der Waals surface area (Å²) >= 11 is 0. The fraction of sp³-hybridized carbons (Fsp3) is 0.556. The van der Waals surface area contributed by atoms with Crippen molar-refractivity contribution in [3.05, 3.63) is 36.2 Å². The van der Waals surface area contributed by atoms with Crippen molar-refractivity contribution < 1.29 is 4.79 Å². The third-order valence-electron chi connectivity index (χ3n) is 5.10. The van der Waals surface area contributed by atoms with E-state index in [0.717, 1.165) is 30.9 Å². The molecule has 0 N–H and O–H groups in total. The second kappa shape index (κ2) is 6.46. The second-order valence-corrected chi connectivity index (χ2v) is 7.21. The number of carbonyl (C=O) groups excluding carboxylic acids is 1. The van der Waals surface area contributed by atoms with Crippen molar-refractivity contribution in [2.75, 3.05) is 32.1 Å². The average Bonchev–Trinajstić information content (AvgIpc) is 3.37. The molecule has 1 aliphatic heterocycles. The minimum Gasteiger partial charge on any atom is -0.376 e. The van der Waals surface area contributed by atoms with Crippen LogP contribution in [0.4, 0.5) is 5.69 Å². The first-order chi connectivity index (χ1) is 12.1. The average molecular weight is 340 g/mol. The number of rotatable bonds is 4. The Morgan fingerprint density at radius 2 is 2.08 bits per heavy atom. The van der Waals surface area contributed by atoms with E-state index in [1.54, 1.807) is 6.20 Å². The van der Waals surface area contributed by atoms with Crippen LogP contribution in [0.3, 0.4) is 0 Å². The third kappa shape index (κ3) is 3.23. The number of anilines is 1. The Kier molecular flexibility index (Phi) is 4.15. The molecule has 2 aromatic heterocycles. The molecule has 2 fully saturated rings. The molecule has 2 aliphatic rings. The maximum Gasteiger partial charge on any atom is 0.272 e. The van der Waals surface area contributed by atoms with Crippen LogP contribution in [0.25, 0.3) is 0 Å². The molecule has 1 atom stereocenters. The first-order valence-electron chi connectivity index (χ1n) is 8.95. The van der Waals surface area contributed by atoms with E-state index >= 15 is 0 Å². The van der Waals surface area contributed by atoms with Gasteiger partial charge in [-0.2, -0.15) is 0 Å². The van der Waals surface area contributed by atoms with E-state index in [2.05, 4.69) is 19.7 Å². The zero-order valence-corrected chi connectivity index (χ0v) is 14.8. The highest BCUT2D eigenvalue weighted by atomic mass is 16.2. The van der Waals surface area contributed by atoms with Crippen molar-refractivity contribution in [1.82, 2.24) is 24.6 Å². The van der Waals surface area contributed by atoms with Gasteiger partial charge in [-0.15, -0.1) is 10.2 Å². The first-order valence-corrected chi connectivity index (χ1v) is 8.95. The van der Waals surface area contributed by atoms with E-state index in [1.165, 1.54) is 12.8 Å². The number of nitrogens with zero attached hydrogens (tertiary/aromatic N) is 6. The van der Waals surface area contributed by atoms with Gasteiger partial charge in [-0.3, -0.25) is 4.79 Å². The SMILES string of the molecule is CN(C)c1ccc(C(=O)N2CCCC(c3nncn3C3CC3)C2)nc1. The molecule has 25 heavy (non-hydrogen) atoms. The van der Waals surface area contributed by atoms with Gasteiger partial charge in [0.15, 0.2) is 0 Å². The molecular formula is C18H24N6O. The highest BCUT2D eigenvalue weighted by Crippen LogP contribution is 2.38. The highest BCUT2D eigenvalue weighted by Gasteiger charge is 2.32. The van der Waals surface area contributed by atoms with Crippen LogP contribution in [0.15, 0.2) is 24.7 Å². The van der Waals surface area contributed by atoms with Crippen LogP contribution < -0.4 is 4.90 Å². The van der Waals surface area contributed by atoms with Gasteiger partial charge >= 0.3 is 0 Å². The van der Waals surface area contributed by atoms with Gasteiger partial charge in [-0.1, -0.05) is 0 Å². The maximum absolute atomic E-state index is 12.8. The third-order valence-corrected chi connectivity index (χ3v) is 5.10. The summed E-state index contributed by atoms with van der Waals surface area (Å²) in [7, 11) is 3.92. The summed E-state index contributed by atoms with van der Waals surface area (Å²) in [4.78, 5) is 21.1. The Morgan fingerprint density at radius 1 is 1.24 bits per heavy atom. The second-order valence-electron chi connectivity index (χ2n) is 7.21. The van der Waals surface area contributed by atoms with Crippen LogP contribution in [-0.2, 0) is 0 Å². The molecule has 1 aliphatic carbocycles.